The molecule has 1 aromatic heterocycles. The molecule has 0 bridgehead atoms. The molecule has 0 amide bonds. The lowest BCUT2D eigenvalue weighted by Gasteiger charge is -2.12. The fourth-order valence-corrected chi connectivity index (χ4v) is 3.08. The number of benzene rings is 1. The van der Waals surface area contributed by atoms with Crippen LogP contribution in [0.4, 0.5) is 11.5 Å². The van der Waals surface area contributed by atoms with Gasteiger partial charge in [0.2, 0.25) is 0 Å². The molecule has 1 aliphatic rings. The lowest BCUT2D eigenvalue weighted by molar-refractivity contribution is -0.0440. The van der Waals surface area contributed by atoms with Crippen LogP contribution in [-0.2, 0) is 19.5 Å². The second kappa shape index (κ2) is 5.35. The number of nitrogens with one attached hydrogen (secondary N) is 2. The van der Waals surface area contributed by atoms with Crippen LogP contribution in [0.2, 0.25) is 0 Å². The molecule has 1 aliphatic heterocycles. The summed E-state index contributed by atoms with van der Waals surface area (Å²) in [6.45, 7) is 1.04. The maximum Gasteiger partial charge on any atom is 0.267 e. The van der Waals surface area contributed by atoms with Gasteiger partial charge in [-0.15, -0.1) is 0 Å². The molecule has 2 aromatic rings. The number of hydrogen-bond acceptors (Lipinski definition) is 6. The fourth-order valence-electron chi connectivity index (χ4n) is 2.01. The summed E-state index contributed by atoms with van der Waals surface area (Å²) >= 11 is 0. The predicted molar refractivity (Wildman–Crippen MR) is 74.9 cm³/mol. The summed E-state index contributed by atoms with van der Waals surface area (Å²) in [5.74, 6) is -0.0129. The first kappa shape index (κ1) is 13.9. The molecule has 112 valence electrons. The standard InChI is InChI=1S/C12H14N4O4S/c13-11-10(7-14-15-11)21(17,18)16-9-3-1-2-8(6-9)12-19-4-5-20-12/h1-3,6-7,12,16H,4-5H2,(H3,13,14,15). The van der Waals surface area contributed by atoms with Crippen LogP contribution in [0.3, 0.4) is 0 Å². The van der Waals surface area contributed by atoms with E-state index in [1.807, 2.05) is 0 Å². The average molecular weight is 310 g/mol. The zero-order valence-corrected chi connectivity index (χ0v) is 11.8. The van der Waals surface area contributed by atoms with Crippen LogP contribution >= 0.6 is 0 Å². The maximum atomic E-state index is 12.2. The number of ether oxygens (including phenoxy) is 2. The molecule has 3 rings (SSSR count). The number of rotatable bonds is 4. The summed E-state index contributed by atoms with van der Waals surface area (Å²) in [7, 11) is -3.79. The topological polar surface area (TPSA) is 119 Å². The van der Waals surface area contributed by atoms with E-state index in [0.717, 1.165) is 11.8 Å². The van der Waals surface area contributed by atoms with E-state index in [4.69, 9.17) is 15.2 Å². The second-order valence-corrected chi connectivity index (χ2v) is 6.10. The van der Waals surface area contributed by atoms with Crippen molar-refractivity contribution in [3.63, 3.8) is 0 Å². The number of aromatic nitrogens is 2. The van der Waals surface area contributed by atoms with Crippen molar-refractivity contribution in [3.05, 3.63) is 36.0 Å². The Bertz CT molecular complexity index is 737. The van der Waals surface area contributed by atoms with Gasteiger partial charge in [0.15, 0.2) is 6.29 Å². The lowest BCUT2D eigenvalue weighted by atomic mass is 10.2. The van der Waals surface area contributed by atoms with E-state index in [1.54, 1.807) is 24.3 Å². The minimum Gasteiger partial charge on any atom is -0.383 e. The van der Waals surface area contributed by atoms with Crippen LogP contribution in [0.25, 0.3) is 0 Å². The number of nitrogen functional groups attached to an aromatic ring is 1. The molecule has 0 spiro atoms. The van der Waals surface area contributed by atoms with Gasteiger partial charge in [-0.2, -0.15) is 5.10 Å². The Kier molecular flexibility index (Phi) is 3.53. The van der Waals surface area contributed by atoms with Crippen LogP contribution in [0.1, 0.15) is 11.9 Å². The van der Waals surface area contributed by atoms with Crippen molar-refractivity contribution >= 4 is 21.5 Å². The zero-order valence-electron chi connectivity index (χ0n) is 10.9. The molecule has 4 N–H and O–H groups in total. The van der Waals surface area contributed by atoms with E-state index in [1.165, 1.54) is 0 Å². The van der Waals surface area contributed by atoms with Crippen molar-refractivity contribution < 1.29 is 17.9 Å². The van der Waals surface area contributed by atoms with Crippen molar-refractivity contribution in [3.8, 4) is 0 Å². The zero-order chi connectivity index (χ0) is 14.9. The van der Waals surface area contributed by atoms with Gasteiger partial charge in [-0.25, -0.2) is 8.42 Å². The van der Waals surface area contributed by atoms with E-state index < -0.39 is 16.3 Å². The molecule has 21 heavy (non-hydrogen) atoms. The highest BCUT2D eigenvalue weighted by molar-refractivity contribution is 7.92. The van der Waals surface area contributed by atoms with E-state index >= 15 is 0 Å². The summed E-state index contributed by atoms with van der Waals surface area (Å²) < 4.78 is 37.6. The number of sulfonamides is 1. The quantitative estimate of drug-likeness (QED) is 0.769. The normalized spacial score (nSPS) is 16.2. The summed E-state index contributed by atoms with van der Waals surface area (Å²) in [6.07, 6.45) is 0.693. The molecule has 0 saturated carbocycles. The Morgan fingerprint density at radius 3 is 2.76 bits per heavy atom. The van der Waals surface area contributed by atoms with Crippen molar-refractivity contribution in [2.75, 3.05) is 23.7 Å². The van der Waals surface area contributed by atoms with E-state index in [-0.39, 0.29) is 10.7 Å². The van der Waals surface area contributed by atoms with E-state index in [9.17, 15) is 8.42 Å². The van der Waals surface area contributed by atoms with Crippen LogP contribution in [0, 0.1) is 0 Å². The van der Waals surface area contributed by atoms with E-state index in [2.05, 4.69) is 14.9 Å². The summed E-state index contributed by atoms with van der Waals surface area (Å²) in [6, 6.07) is 6.81. The molecule has 1 aromatic carbocycles. The van der Waals surface area contributed by atoms with Gasteiger partial charge in [-0.3, -0.25) is 9.82 Å². The third kappa shape index (κ3) is 2.84. The number of nitrogens with zero attached hydrogens (tertiary/aromatic N) is 1. The number of nitrogens with two attached hydrogens (primary N) is 1. The molecule has 1 fully saturated rings. The highest BCUT2D eigenvalue weighted by Gasteiger charge is 2.21. The molecular weight excluding hydrogens is 296 g/mol. The molecule has 0 aliphatic carbocycles. The van der Waals surface area contributed by atoms with Crippen molar-refractivity contribution in [2.45, 2.75) is 11.2 Å². The first-order valence-corrected chi connectivity index (χ1v) is 7.69. The van der Waals surface area contributed by atoms with Crippen molar-refractivity contribution in [1.29, 1.82) is 0 Å². The van der Waals surface area contributed by atoms with Gasteiger partial charge in [0.05, 0.1) is 19.4 Å². The molecule has 9 heteroatoms. The molecule has 0 radical (unpaired) electrons. The minimum absolute atomic E-state index is 0.0129. The minimum atomic E-state index is -3.79. The summed E-state index contributed by atoms with van der Waals surface area (Å²) in [4.78, 5) is -0.0960. The second-order valence-electron chi connectivity index (χ2n) is 4.45. The number of hydrogen-bond donors (Lipinski definition) is 3. The lowest BCUT2D eigenvalue weighted by Crippen LogP contribution is -2.14. The van der Waals surface area contributed by atoms with Crippen LogP contribution < -0.4 is 10.5 Å². The van der Waals surface area contributed by atoms with Gasteiger partial charge < -0.3 is 15.2 Å². The Morgan fingerprint density at radius 1 is 1.33 bits per heavy atom. The van der Waals surface area contributed by atoms with Gasteiger partial charge >= 0.3 is 0 Å². The van der Waals surface area contributed by atoms with Gasteiger partial charge in [-0.05, 0) is 12.1 Å². The summed E-state index contributed by atoms with van der Waals surface area (Å²) in [5, 5.41) is 5.99. The predicted octanol–water partition coefficient (Wildman–Crippen LogP) is 0.838. The van der Waals surface area contributed by atoms with Gasteiger partial charge in [-0.1, -0.05) is 12.1 Å². The monoisotopic (exact) mass is 310 g/mol. The first-order chi connectivity index (χ1) is 10.1. The first-order valence-electron chi connectivity index (χ1n) is 6.21. The Hall–Kier alpha value is -2.10. The van der Waals surface area contributed by atoms with Gasteiger partial charge in [0, 0.05) is 11.3 Å². The Labute approximate surface area is 121 Å². The molecule has 1 saturated heterocycles. The molecule has 0 unspecified atom stereocenters. The Morgan fingerprint density at radius 2 is 2.10 bits per heavy atom. The van der Waals surface area contributed by atoms with Crippen molar-refractivity contribution in [2.24, 2.45) is 0 Å². The van der Waals surface area contributed by atoms with Crippen LogP contribution in [-0.4, -0.2) is 31.8 Å². The molecular formula is C12H14N4O4S. The molecule has 0 atom stereocenters. The summed E-state index contributed by atoms with van der Waals surface area (Å²) in [5.41, 5.74) is 6.67. The third-order valence-electron chi connectivity index (χ3n) is 2.95. The maximum absolute atomic E-state index is 12.2. The third-order valence-corrected chi connectivity index (χ3v) is 4.36. The highest BCUT2D eigenvalue weighted by Crippen LogP contribution is 2.26. The van der Waals surface area contributed by atoms with Gasteiger partial charge in [0.1, 0.15) is 10.7 Å². The largest absolute Gasteiger partial charge is 0.383 e. The van der Waals surface area contributed by atoms with Crippen molar-refractivity contribution in [1.82, 2.24) is 10.2 Å². The van der Waals surface area contributed by atoms with Crippen LogP contribution in [0.15, 0.2) is 35.4 Å². The average Bonchev–Trinajstić information content (AvgIpc) is 3.09. The number of H-pyrrole nitrogens is 1. The van der Waals surface area contributed by atoms with E-state index in [0.29, 0.717) is 18.9 Å². The molecule has 2 heterocycles. The van der Waals surface area contributed by atoms with Gasteiger partial charge in [0.25, 0.3) is 10.0 Å². The Balaban J connectivity index is 1.85. The number of aromatic amines is 1. The highest BCUT2D eigenvalue weighted by atomic mass is 32.2. The smallest absolute Gasteiger partial charge is 0.267 e. The number of anilines is 2. The molecule has 8 nitrogen and oxygen atoms in total. The van der Waals surface area contributed by atoms with Crippen LogP contribution in [0.5, 0.6) is 0 Å². The fraction of sp³-hybridized carbons (Fsp3) is 0.250. The SMILES string of the molecule is Nc1[nH]ncc1S(=O)(=O)Nc1cccc(C2OCCO2)c1.